The molecule has 0 saturated carbocycles. The van der Waals surface area contributed by atoms with Crippen LogP contribution in [0.3, 0.4) is 0 Å². The Morgan fingerprint density at radius 3 is 2.63 bits per heavy atom. The van der Waals surface area contributed by atoms with Gasteiger partial charge in [0.2, 0.25) is 0 Å². The van der Waals surface area contributed by atoms with Crippen molar-refractivity contribution in [1.82, 2.24) is 0 Å². The Kier molecular flexibility index (Phi) is 4.75. The zero-order chi connectivity index (χ0) is 13.5. The average molecular weight is 276 g/mol. The van der Waals surface area contributed by atoms with Crippen molar-refractivity contribution in [2.75, 3.05) is 12.0 Å². The van der Waals surface area contributed by atoms with E-state index in [1.807, 2.05) is 43.3 Å². The van der Waals surface area contributed by atoms with Crippen molar-refractivity contribution < 1.29 is 4.74 Å². The monoisotopic (exact) mass is 275 g/mol. The predicted octanol–water partition coefficient (Wildman–Crippen LogP) is 4.85. The van der Waals surface area contributed by atoms with Gasteiger partial charge >= 0.3 is 0 Å². The minimum atomic E-state index is 0.561. The van der Waals surface area contributed by atoms with E-state index in [1.54, 1.807) is 12.1 Å². The molecule has 0 radical (unpaired) electrons. The van der Waals surface area contributed by atoms with Crippen LogP contribution in [0.1, 0.15) is 6.92 Å². The summed E-state index contributed by atoms with van der Waals surface area (Å²) < 4.78 is 5.47. The van der Waals surface area contributed by atoms with E-state index in [-0.39, 0.29) is 0 Å². The molecule has 19 heavy (non-hydrogen) atoms. The van der Waals surface area contributed by atoms with Gasteiger partial charge in [-0.05, 0) is 31.2 Å². The van der Waals surface area contributed by atoms with Crippen LogP contribution in [-0.2, 0) is 0 Å². The summed E-state index contributed by atoms with van der Waals surface area (Å²) >= 11 is 5.98. The first-order chi connectivity index (χ1) is 9.31. The minimum Gasteiger partial charge on any atom is -0.492 e. The lowest BCUT2D eigenvalue weighted by Gasteiger charge is -2.07. The number of hydrogen-bond acceptors (Lipinski definition) is 3. The summed E-state index contributed by atoms with van der Waals surface area (Å²) in [7, 11) is 0. The van der Waals surface area contributed by atoms with Gasteiger partial charge in [0.1, 0.15) is 11.4 Å². The highest BCUT2D eigenvalue weighted by Gasteiger charge is 2.00. The highest BCUT2D eigenvalue weighted by atomic mass is 35.5. The molecule has 4 nitrogen and oxygen atoms in total. The van der Waals surface area contributed by atoms with Gasteiger partial charge in [0, 0.05) is 0 Å². The third-order valence-electron chi connectivity index (χ3n) is 2.37. The number of nitrogens with one attached hydrogen (secondary N) is 1. The first kappa shape index (κ1) is 13.4. The van der Waals surface area contributed by atoms with E-state index in [1.165, 1.54) is 0 Å². The van der Waals surface area contributed by atoms with Crippen molar-refractivity contribution in [1.29, 1.82) is 0 Å². The molecule has 0 spiro atoms. The molecule has 0 aromatic heterocycles. The molecule has 1 N–H and O–H groups in total. The first-order valence-corrected chi connectivity index (χ1v) is 6.32. The van der Waals surface area contributed by atoms with Crippen LogP contribution in [0.4, 0.5) is 11.4 Å². The molecule has 0 fully saturated rings. The maximum Gasteiger partial charge on any atom is 0.144 e. The largest absolute Gasteiger partial charge is 0.492 e. The summed E-state index contributed by atoms with van der Waals surface area (Å²) in [6, 6.07) is 14.8. The topological polar surface area (TPSA) is 46.0 Å². The van der Waals surface area contributed by atoms with E-state index in [2.05, 4.69) is 15.8 Å². The molecule has 0 heterocycles. The molecule has 0 aliphatic heterocycles. The van der Waals surface area contributed by atoms with Gasteiger partial charge in [0.15, 0.2) is 0 Å². The molecular formula is C14H14ClN3O. The smallest absolute Gasteiger partial charge is 0.144 e. The fourth-order valence-electron chi connectivity index (χ4n) is 1.51. The van der Waals surface area contributed by atoms with Crippen molar-refractivity contribution in [3.8, 4) is 5.75 Å². The summed E-state index contributed by atoms with van der Waals surface area (Å²) in [5.74, 6) is 0.739. The second-order valence-corrected chi connectivity index (χ2v) is 4.10. The molecule has 0 saturated heterocycles. The Morgan fingerprint density at radius 2 is 1.84 bits per heavy atom. The van der Waals surface area contributed by atoms with E-state index in [9.17, 15) is 0 Å². The van der Waals surface area contributed by atoms with Crippen LogP contribution in [0.25, 0.3) is 0 Å². The summed E-state index contributed by atoms with van der Waals surface area (Å²) in [5, 5.41) is 8.52. The number of benzene rings is 2. The molecule has 98 valence electrons. The number of hydrogen-bond donors (Lipinski definition) is 1. The highest BCUT2D eigenvalue weighted by molar-refractivity contribution is 6.32. The molecule has 5 heteroatoms. The quantitative estimate of drug-likeness (QED) is 0.626. The van der Waals surface area contributed by atoms with Gasteiger partial charge in [-0.2, -0.15) is 0 Å². The SMILES string of the molecule is CCOc1ccccc1NN=Nc1ccccc1Cl. The number of ether oxygens (including phenoxy) is 1. The molecule has 2 rings (SSSR count). The van der Waals surface area contributed by atoms with Gasteiger partial charge in [0.25, 0.3) is 0 Å². The maximum atomic E-state index is 5.98. The molecule has 2 aromatic carbocycles. The van der Waals surface area contributed by atoms with Crippen molar-refractivity contribution in [2.45, 2.75) is 6.92 Å². The average Bonchev–Trinajstić information content (AvgIpc) is 2.43. The van der Waals surface area contributed by atoms with Crippen LogP contribution in [-0.4, -0.2) is 6.61 Å². The highest BCUT2D eigenvalue weighted by Crippen LogP contribution is 2.26. The Morgan fingerprint density at radius 1 is 1.11 bits per heavy atom. The van der Waals surface area contributed by atoms with E-state index >= 15 is 0 Å². The number of halogens is 1. The number of anilines is 1. The van der Waals surface area contributed by atoms with Gasteiger partial charge in [0.05, 0.1) is 17.3 Å². The number of para-hydroxylation sites is 2. The van der Waals surface area contributed by atoms with Crippen molar-refractivity contribution in [2.24, 2.45) is 10.3 Å². The maximum absolute atomic E-state index is 5.98. The lowest BCUT2D eigenvalue weighted by Crippen LogP contribution is -1.96. The second-order valence-electron chi connectivity index (χ2n) is 3.69. The van der Waals surface area contributed by atoms with Crippen LogP contribution < -0.4 is 10.2 Å². The van der Waals surface area contributed by atoms with E-state index in [4.69, 9.17) is 16.3 Å². The minimum absolute atomic E-state index is 0.561. The van der Waals surface area contributed by atoms with E-state index in [0.717, 1.165) is 11.4 Å². The van der Waals surface area contributed by atoms with Gasteiger partial charge in [-0.3, -0.25) is 5.43 Å². The molecule has 0 atom stereocenters. The number of nitrogens with zero attached hydrogens (tertiary/aromatic N) is 2. The lowest BCUT2D eigenvalue weighted by atomic mass is 10.3. The van der Waals surface area contributed by atoms with E-state index in [0.29, 0.717) is 17.3 Å². The molecule has 0 amide bonds. The third-order valence-corrected chi connectivity index (χ3v) is 2.69. The fourth-order valence-corrected chi connectivity index (χ4v) is 1.68. The zero-order valence-electron chi connectivity index (χ0n) is 10.5. The van der Waals surface area contributed by atoms with Gasteiger partial charge < -0.3 is 4.74 Å². The number of rotatable bonds is 5. The lowest BCUT2D eigenvalue weighted by molar-refractivity contribution is 0.341. The zero-order valence-corrected chi connectivity index (χ0v) is 11.3. The Labute approximate surface area is 117 Å². The fraction of sp³-hybridized carbons (Fsp3) is 0.143. The molecule has 0 aliphatic rings. The van der Waals surface area contributed by atoms with Gasteiger partial charge in [-0.25, -0.2) is 0 Å². The molecule has 2 aromatic rings. The van der Waals surface area contributed by atoms with Gasteiger partial charge in [-0.15, -0.1) is 5.11 Å². The van der Waals surface area contributed by atoms with Crippen LogP contribution >= 0.6 is 11.6 Å². The predicted molar refractivity (Wildman–Crippen MR) is 77.2 cm³/mol. The Hall–Kier alpha value is -2.07. The Balaban J connectivity index is 2.08. The second kappa shape index (κ2) is 6.75. The van der Waals surface area contributed by atoms with Crippen LogP contribution in [0.2, 0.25) is 5.02 Å². The molecule has 0 bridgehead atoms. The standard InChI is InChI=1S/C14H14ClN3O/c1-2-19-14-10-6-5-9-13(14)17-18-16-12-8-4-3-7-11(12)15/h3-10H,2H2,1H3,(H,16,17). The molecule has 0 aliphatic carbocycles. The third kappa shape index (κ3) is 3.69. The first-order valence-electron chi connectivity index (χ1n) is 5.94. The summed E-state index contributed by atoms with van der Waals surface area (Å²) in [6.45, 7) is 2.53. The summed E-state index contributed by atoms with van der Waals surface area (Å²) in [6.07, 6.45) is 0. The normalized spacial score (nSPS) is 10.6. The van der Waals surface area contributed by atoms with Crippen LogP contribution in [0.15, 0.2) is 58.9 Å². The van der Waals surface area contributed by atoms with Crippen molar-refractivity contribution in [3.05, 3.63) is 53.6 Å². The van der Waals surface area contributed by atoms with E-state index < -0.39 is 0 Å². The summed E-state index contributed by atoms with van der Waals surface area (Å²) in [5.41, 5.74) is 4.23. The Bertz CT molecular complexity index is 572. The molecular weight excluding hydrogens is 262 g/mol. The summed E-state index contributed by atoms with van der Waals surface area (Å²) in [4.78, 5) is 0. The van der Waals surface area contributed by atoms with Crippen LogP contribution in [0.5, 0.6) is 5.75 Å². The van der Waals surface area contributed by atoms with Crippen LogP contribution in [0, 0.1) is 0 Å². The van der Waals surface area contributed by atoms with Gasteiger partial charge in [-0.1, -0.05) is 41.1 Å². The van der Waals surface area contributed by atoms with Crippen molar-refractivity contribution in [3.63, 3.8) is 0 Å². The van der Waals surface area contributed by atoms with Crippen molar-refractivity contribution >= 4 is 23.0 Å². The molecule has 0 unspecified atom stereocenters.